The number of aromatic hydroxyl groups is 2. The first-order valence-electron chi connectivity index (χ1n) is 10.3. The molecule has 0 saturated carbocycles. The molecule has 1 rings (SSSR count). The normalized spacial score (nSPS) is 11.4. The Morgan fingerprint density at radius 2 is 1.28 bits per heavy atom. The molecule has 0 aromatic heterocycles. The Kier molecular flexibility index (Phi) is 11.9. The molecule has 0 heterocycles. The highest BCUT2D eigenvalue weighted by Gasteiger charge is 2.04. The van der Waals surface area contributed by atoms with Crippen LogP contribution in [0.2, 0.25) is 0 Å². The van der Waals surface area contributed by atoms with Crippen molar-refractivity contribution in [1.29, 1.82) is 0 Å². The largest absolute Gasteiger partial charge is 0.508 e. The minimum absolute atomic E-state index is 0.256. The molecule has 0 atom stereocenters. The van der Waals surface area contributed by atoms with Crippen LogP contribution in [-0.2, 0) is 6.42 Å². The topological polar surface area (TPSA) is 40.5 Å². The summed E-state index contributed by atoms with van der Waals surface area (Å²) in [6, 6.07) is 3.29. The highest BCUT2D eigenvalue weighted by atomic mass is 16.3. The van der Waals surface area contributed by atoms with E-state index in [1.807, 2.05) is 0 Å². The summed E-state index contributed by atoms with van der Waals surface area (Å²) in [5.74, 6) is 0.529. The molecule has 0 aliphatic carbocycles. The number of aryl methyl sites for hydroxylation is 1. The SMILES string of the molecule is CCCCCCCCCCCCCC=CCc1cc(O)c(C)cc1O. The Morgan fingerprint density at radius 1 is 0.720 bits per heavy atom. The zero-order chi connectivity index (χ0) is 18.3. The zero-order valence-corrected chi connectivity index (χ0v) is 16.4. The fourth-order valence-electron chi connectivity index (χ4n) is 3.14. The third-order valence-electron chi connectivity index (χ3n) is 4.88. The van der Waals surface area contributed by atoms with Gasteiger partial charge in [0.15, 0.2) is 0 Å². The van der Waals surface area contributed by atoms with Crippen molar-refractivity contribution in [2.24, 2.45) is 0 Å². The molecule has 0 aliphatic heterocycles. The number of benzene rings is 1. The van der Waals surface area contributed by atoms with E-state index in [-0.39, 0.29) is 11.5 Å². The second-order valence-electron chi connectivity index (χ2n) is 7.27. The third kappa shape index (κ3) is 10.2. The van der Waals surface area contributed by atoms with Gasteiger partial charge in [-0.15, -0.1) is 0 Å². The van der Waals surface area contributed by atoms with Crippen LogP contribution in [0, 0.1) is 6.92 Å². The highest BCUT2D eigenvalue weighted by molar-refractivity contribution is 5.45. The van der Waals surface area contributed by atoms with E-state index in [1.165, 1.54) is 70.6 Å². The molecule has 2 N–H and O–H groups in total. The van der Waals surface area contributed by atoms with Crippen LogP contribution >= 0.6 is 0 Å². The van der Waals surface area contributed by atoms with E-state index in [2.05, 4.69) is 19.1 Å². The Bertz CT molecular complexity index is 491. The van der Waals surface area contributed by atoms with Gasteiger partial charge in [0.25, 0.3) is 0 Å². The molecule has 0 fully saturated rings. The number of rotatable bonds is 14. The lowest BCUT2D eigenvalue weighted by Gasteiger charge is -2.05. The molecule has 2 nitrogen and oxygen atoms in total. The molecular formula is C23H38O2. The predicted octanol–water partition coefficient (Wildman–Crippen LogP) is 7.21. The summed E-state index contributed by atoms with van der Waals surface area (Å²) in [7, 11) is 0. The lowest BCUT2D eigenvalue weighted by molar-refractivity contribution is 0.452. The summed E-state index contributed by atoms with van der Waals surface area (Å²) in [4.78, 5) is 0. The molecule has 0 saturated heterocycles. The number of hydrogen-bond donors (Lipinski definition) is 2. The Balaban J connectivity index is 1.98. The number of phenolic OH excluding ortho intramolecular Hbond substituents is 2. The van der Waals surface area contributed by atoms with Crippen molar-refractivity contribution in [3.8, 4) is 11.5 Å². The number of hydrogen-bond acceptors (Lipinski definition) is 2. The molecule has 0 aliphatic rings. The van der Waals surface area contributed by atoms with E-state index in [4.69, 9.17) is 0 Å². The number of phenols is 2. The molecule has 1 aromatic carbocycles. The molecule has 0 spiro atoms. The molecule has 0 amide bonds. The number of allylic oxidation sites excluding steroid dienone is 2. The van der Waals surface area contributed by atoms with Crippen molar-refractivity contribution in [3.05, 3.63) is 35.4 Å². The molecule has 25 heavy (non-hydrogen) atoms. The van der Waals surface area contributed by atoms with Crippen molar-refractivity contribution < 1.29 is 10.2 Å². The molecule has 0 radical (unpaired) electrons. The van der Waals surface area contributed by atoms with Gasteiger partial charge >= 0.3 is 0 Å². The minimum atomic E-state index is 0.256. The lowest BCUT2D eigenvalue weighted by atomic mass is 10.0. The van der Waals surface area contributed by atoms with Crippen molar-refractivity contribution >= 4 is 0 Å². The maximum Gasteiger partial charge on any atom is 0.119 e. The summed E-state index contributed by atoms with van der Waals surface area (Å²) in [6.45, 7) is 4.06. The summed E-state index contributed by atoms with van der Waals surface area (Å²) < 4.78 is 0. The highest BCUT2D eigenvalue weighted by Crippen LogP contribution is 2.27. The Hall–Kier alpha value is -1.44. The minimum Gasteiger partial charge on any atom is -0.508 e. The maximum absolute atomic E-state index is 9.87. The second-order valence-corrected chi connectivity index (χ2v) is 7.27. The maximum atomic E-state index is 9.87. The van der Waals surface area contributed by atoms with Gasteiger partial charge in [0.1, 0.15) is 11.5 Å². The lowest BCUT2D eigenvalue weighted by Crippen LogP contribution is -1.85. The summed E-state index contributed by atoms with van der Waals surface area (Å²) in [6.07, 6.45) is 21.2. The van der Waals surface area contributed by atoms with Crippen LogP contribution in [0.5, 0.6) is 11.5 Å². The van der Waals surface area contributed by atoms with E-state index in [1.54, 1.807) is 19.1 Å². The van der Waals surface area contributed by atoms with Crippen LogP contribution in [0.1, 0.15) is 95.1 Å². The number of unbranched alkanes of at least 4 members (excludes halogenated alkanes) is 11. The molecule has 2 heteroatoms. The smallest absolute Gasteiger partial charge is 0.119 e. The molecule has 0 unspecified atom stereocenters. The average molecular weight is 347 g/mol. The van der Waals surface area contributed by atoms with E-state index in [0.717, 1.165) is 12.0 Å². The van der Waals surface area contributed by atoms with Crippen molar-refractivity contribution in [1.82, 2.24) is 0 Å². The first-order chi connectivity index (χ1) is 12.1. The second kappa shape index (κ2) is 13.8. The van der Waals surface area contributed by atoms with E-state index >= 15 is 0 Å². The standard InChI is InChI=1S/C23H38O2/c1-3-4-5-6-7-8-9-10-11-12-13-14-15-16-17-21-19-22(24)20(2)18-23(21)25/h15-16,18-19,24-25H,3-14,17H2,1-2H3. The zero-order valence-electron chi connectivity index (χ0n) is 16.4. The molecule has 0 bridgehead atoms. The van der Waals surface area contributed by atoms with Gasteiger partial charge in [0.2, 0.25) is 0 Å². The van der Waals surface area contributed by atoms with Gasteiger partial charge < -0.3 is 10.2 Å². The fraction of sp³-hybridized carbons (Fsp3) is 0.652. The summed E-state index contributed by atoms with van der Waals surface area (Å²) >= 11 is 0. The van der Waals surface area contributed by atoms with Crippen LogP contribution in [-0.4, -0.2) is 10.2 Å². The van der Waals surface area contributed by atoms with Gasteiger partial charge in [0, 0.05) is 5.56 Å². The van der Waals surface area contributed by atoms with Crippen molar-refractivity contribution in [2.45, 2.75) is 97.3 Å². The van der Waals surface area contributed by atoms with Gasteiger partial charge in [0.05, 0.1) is 0 Å². The van der Waals surface area contributed by atoms with Crippen LogP contribution in [0.4, 0.5) is 0 Å². The predicted molar refractivity (Wildman–Crippen MR) is 108 cm³/mol. The average Bonchev–Trinajstić information content (AvgIpc) is 2.59. The van der Waals surface area contributed by atoms with Gasteiger partial charge in [-0.1, -0.05) is 83.3 Å². The Morgan fingerprint density at radius 3 is 1.88 bits per heavy atom. The monoisotopic (exact) mass is 346 g/mol. The van der Waals surface area contributed by atoms with Crippen LogP contribution in [0.15, 0.2) is 24.3 Å². The first kappa shape index (κ1) is 21.6. The Labute approximate surface area is 155 Å². The molecule has 1 aromatic rings. The van der Waals surface area contributed by atoms with Gasteiger partial charge in [-0.25, -0.2) is 0 Å². The third-order valence-corrected chi connectivity index (χ3v) is 4.88. The van der Waals surface area contributed by atoms with Gasteiger partial charge in [-0.2, -0.15) is 0 Å². The van der Waals surface area contributed by atoms with Crippen molar-refractivity contribution in [2.75, 3.05) is 0 Å². The molecule has 142 valence electrons. The van der Waals surface area contributed by atoms with Crippen LogP contribution in [0.3, 0.4) is 0 Å². The summed E-state index contributed by atoms with van der Waals surface area (Å²) in [5, 5.41) is 19.6. The van der Waals surface area contributed by atoms with Crippen LogP contribution in [0.25, 0.3) is 0 Å². The quantitative estimate of drug-likeness (QED) is 0.212. The van der Waals surface area contributed by atoms with Crippen molar-refractivity contribution in [3.63, 3.8) is 0 Å². The van der Waals surface area contributed by atoms with E-state index in [0.29, 0.717) is 12.0 Å². The van der Waals surface area contributed by atoms with E-state index < -0.39 is 0 Å². The first-order valence-corrected chi connectivity index (χ1v) is 10.3. The molecular weight excluding hydrogens is 308 g/mol. The van der Waals surface area contributed by atoms with Crippen LogP contribution < -0.4 is 0 Å². The fourth-order valence-corrected chi connectivity index (χ4v) is 3.14. The van der Waals surface area contributed by atoms with Gasteiger partial charge in [-0.3, -0.25) is 0 Å². The van der Waals surface area contributed by atoms with E-state index in [9.17, 15) is 10.2 Å². The van der Waals surface area contributed by atoms with Gasteiger partial charge in [-0.05, 0) is 43.9 Å². The summed E-state index contributed by atoms with van der Waals surface area (Å²) in [5.41, 5.74) is 1.50.